The SMILES string of the molecule is COC[C@H](C)Nc1ncc2c(-c3cnn(CCN4CCOCC4)c3)cc([C@H]3CC[C@H](O)CC3)n2n1. The quantitative estimate of drug-likeness (QED) is 0.478. The molecule has 0 radical (unpaired) electrons. The Kier molecular flexibility index (Phi) is 7.62. The summed E-state index contributed by atoms with van der Waals surface area (Å²) in [4.78, 5) is 7.02. The van der Waals surface area contributed by atoms with E-state index in [9.17, 15) is 5.11 Å². The maximum absolute atomic E-state index is 10.0. The summed E-state index contributed by atoms with van der Waals surface area (Å²) >= 11 is 0. The molecule has 2 fully saturated rings. The van der Waals surface area contributed by atoms with E-state index in [2.05, 4.69) is 32.6 Å². The van der Waals surface area contributed by atoms with Crippen molar-refractivity contribution in [2.24, 2.45) is 0 Å². The van der Waals surface area contributed by atoms with Crippen molar-refractivity contribution in [3.63, 3.8) is 0 Å². The molecule has 1 saturated heterocycles. The van der Waals surface area contributed by atoms with Crippen LogP contribution in [0.4, 0.5) is 5.95 Å². The second kappa shape index (κ2) is 11.0. The van der Waals surface area contributed by atoms with Crippen LogP contribution in [0.1, 0.15) is 44.2 Å². The van der Waals surface area contributed by atoms with Crippen LogP contribution in [-0.4, -0.2) is 93.1 Å². The number of fused-ring (bicyclic) bond motifs is 1. The van der Waals surface area contributed by atoms with Crippen molar-refractivity contribution in [3.05, 3.63) is 30.4 Å². The van der Waals surface area contributed by atoms with E-state index in [1.54, 1.807) is 7.11 Å². The van der Waals surface area contributed by atoms with Gasteiger partial charge in [0.2, 0.25) is 5.95 Å². The lowest BCUT2D eigenvalue weighted by molar-refractivity contribution is 0.0360. The number of aliphatic hydroxyl groups excluding tert-OH is 1. The number of methoxy groups -OCH3 is 1. The van der Waals surface area contributed by atoms with Gasteiger partial charge in [0.25, 0.3) is 0 Å². The fourth-order valence-corrected chi connectivity index (χ4v) is 5.18. The Morgan fingerprint density at radius 2 is 1.97 bits per heavy atom. The second-order valence-corrected chi connectivity index (χ2v) is 9.81. The number of ether oxygens (including phenoxy) is 2. The predicted octanol–water partition coefficient (Wildman–Crippen LogP) is 2.39. The molecule has 0 aromatic carbocycles. The monoisotopic (exact) mass is 483 g/mol. The van der Waals surface area contributed by atoms with Gasteiger partial charge < -0.3 is 19.9 Å². The third-order valence-electron chi connectivity index (χ3n) is 7.15. The Labute approximate surface area is 206 Å². The number of rotatable bonds is 9. The van der Waals surface area contributed by atoms with E-state index in [1.807, 2.05) is 28.5 Å². The number of hydrogen-bond acceptors (Lipinski definition) is 8. The minimum Gasteiger partial charge on any atom is -0.393 e. The minimum atomic E-state index is -0.191. The summed E-state index contributed by atoms with van der Waals surface area (Å²) < 4.78 is 14.8. The molecular formula is C25H37N7O3. The lowest BCUT2D eigenvalue weighted by Crippen LogP contribution is -2.38. The van der Waals surface area contributed by atoms with Crippen LogP contribution in [0.5, 0.6) is 0 Å². The third kappa shape index (κ3) is 5.66. The summed E-state index contributed by atoms with van der Waals surface area (Å²) in [5.41, 5.74) is 4.32. The maximum atomic E-state index is 10.0. The largest absolute Gasteiger partial charge is 0.393 e. The molecule has 0 unspecified atom stereocenters. The average Bonchev–Trinajstić information content (AvgIpc) is 3.49. The summed E-state index contributed by atoms with van der Waals surface area (Å²) in [5.74, 6) is 0.942. The number of aromatic nitrogens is 5. The van der Waals surface area contributed by atoms with E-state index < -0.39 is 0 Å². The zero-order valence-corrected chi connectivity index (χ0v) is 20.8. The zero-order chi connectivity index (χ0) is 24.2. The molecule has 4 heterocycles. The molecule has 5 rings (SSSR count). The molecule has 0 bridgehead atoms. The number of anilines is 1. The maximum Gasteiger partial charge on any atom is 0.241 e. The molecule has 0 amide bonds. The van der Waals surface area contributed by atoms with Gasteiger partial charge in [0.05, 0.1) is 50.4 Å². The van der Waals surface area contributed by atoms with Crippen LogP contribution in [0.25, 0.3) is 16.6 Å². The molecule has 3 aromatic rings. The molecule has 2 N–H and O–H groups in total. The number of morpholine rings is 1. The van der Waals surface area contributed by atoms with Gasteiger partial charge >= 0.3 is 0 Å². The standard InChI is InChI=1S/C25H37N7O3/c1-18(17-34-2)28-25-26-15-24-22(13-23(32(24)29-25)19-3-5-21(33)6-4-19)20-14-27-31(16-20)8-7-30-9-11-35-12-10-30/h13-16,18-19,21,33H,3-12,17H2,1-2H3,(H,28,29)/t18-,19-,21-/m0/s1. The first-order valence-electron chi connectivity index (χ1n) is 12.8. The van der Waals surface area contributed by atoms with Crippen LogP contribution >= 0.6 is 0 Å². The summed E-state index contributed by atoms with van der Waals surface area (Å²) in [6.07, 6.45) is 9.34. The third-order valence-corrected chi connectivity index (χ3v) is 7.15. The Balaban J connectivity index is 1.42. The highest BCUT2D eigenvalue weighted by molar-refractivity contribution is 5.81. The molecule has 1 aliphatic carbocycles. The fraction of sp³-hybridized carbons (Fsp3) is 0.640. The predicted molar refractivity (Wildman–Crippen MR) is 134 cm³/mol. The molecule has 1 atom stereocenters. The number of hydrogen-bond donors (Lipinski definition) is 2. The van der Waals surface area contributed by atoms with Crippen molar-refractivity contribution >= 4 is 11.5 Å². The normalized spacial score (nSPS) is 22.5. The van der Waals surface area contributed by atoms with Gasteiger partial charge in [0.1, 0.15) is 0 Å². The number of aliphatic hydroxyl groups is 1. The van der Waals surface area contributed by atoms with Gasteiger partial charge in [-0.05, 0) is 38.7 Å². The molecule has 2 aliphatic rings. The van der Waals surface area contributed by atoms with Crippen molar-refractivity contribution in [3.8, 4) is 11.1 Å². The van der Waals surface area contributed by atoms with E-state index >= 15 is 0 Å². The molecule has 35 heavy (non-hydrogen) atoms. The van der Waals surface area contributed by atoms with Crippen LogP contribution in [0, 0.1) is 0 Å². The van der Waals surface area contributed by atoms with E-state index in [4.69, 9.17) is 14.6 Å². The second-order valence-electron chi connectivity index (χ2n) is 9.81. The van der Waals surface area contributed by atoms with Crippen LogP contribution in [0.15, 0.2) is 24.7 Å². The van der Waals surface area contributed by atoms with Crippen molar-refractivity contribution in [2.45, 2.75) is 57.2 Å². The Morgan fingerprint density at radius 3 is 2.74 bits per heavy atom. The number of nitrogens with zero attached hydrogens (tertiary/aromatic N) is 6. The van der Waals surface area contributed by atoms with Gasteiger partial charge in [0, 0.05) is 61.7 Å². The summed E-state index contributed by atoms with van der Waals surface area (Å²) in [6, 6.07) is 2.35. The Morgan fingerprint density at radius 1 is 1.17 bits per heavy atom. The zero-order valence-electron chi connectivity index (χ0n) is 20.8. The minimum absolute atomic E-state index is 0.102. The first kappa shape index (κ1) is 24.2. The topological polar surface area (TPSA) is 102 Å². The summed E-state index contributed by atoms with van der Waals surface area (Å²) in [5, 5.41) is 22.9. The fourth-order valence-electron chi connectivity index (χ4n) is 5.18. The van der Waals surface area contributed by atoms with E-state index in [1.165, 1.54) is 5.69 Å². The lowest BCUT2D eigenvalue weighted by atomic mass is 9.85. The molecule has 1 saturated carbocycles. The summed E-state index contributed by atoms with van der Waals surface area (Å²) in [6.45, 7) is 8.02. The Hall–Kier alpha value is -2.53. The molecule has 190 valence electrons. The van der Waals surface area contributed by atoms with E-state index in [0.717, 1.165) is 81.7 Å². The van der Waals surface area contributed by atoms with E-state index in [0.29, 0.717) is 18.5 Å². The van der Waals surface area contributed by atoms with Gasteiger partial charge in [0.15, 0.2) is 0 Å². The Bertz CT molecular complexity index is 1100. The highest BCUT2D eigenvalue weighted by Gasteiger charge is 2.26. The van der Waals surface area contributed by atoms with Gasteiger partial charge in [-0.25, -0.2) is 9.50 Å². The highest BCUT2D eigenvalue weighted by atomic mass is 16.5. The van der Waals surface area contributed by atoms with Gasteiger partial charge in [-0.3, -0.25) is 9.58 Å². The molecule has 10 nitrogen and oxygen atoms in total. The molecular weight excluding hydrogens is 446 g/mol. The average molecular weight is 484 g/mol. The first-order valence-corrected chi connectivity index (χ1v) is 12.8. The first-order chi connectivity index (χ1) is 17.1. The van der Waals surface area contributed by atoms with Crippen LogP contribution in [0.3, 0.4) is 0 Å². The molecule has 0 spiro atoms. The molecule has 3 aromatic heterocycles. The molecule has 1 aliphatic heterocycles. The van der Waals surface area contributed by atoms with Crippen LogP contribution < -0.4 is 5.32 Å². The van der Waals surface area contributed by atoms with Gasteiger partial charge in [-0.1, -0.05) is 0 Å². The smallest absolute Gasteiger partial charge is 0.241 e. The molecule has 10 heteroatoms. The highest BCUT2D eigenvalue weighted by Crippen LogP contribution is 2.37. The summed E-state index contributed by atoms with van der Waals surface area (Å²) in [7, 11) is 1.69. The van der Waals surface area contributed by atoms with Gasteiger partial charge in [-0.15, -0.1) is 5.10 Å². The van der Waals surface area contributed by atoms with Crippen molar-refractivity contribution in [1.29, 1.82) is 0 Å². The van der Waals surface area contributed by atoms with Gasteiger partial charge in [-0.2, -0.15) is 5.10 Å². The van der Waals surface area contributed by atoms with Crippen LogP contribution in [0.2, 0.25) is 0 Å². The van der Waals surface area contributed by atoms with Crippen molar-refractivity contribution in [2.75, 3.05) is 51.9 Å². The van der Waals surface area contributed by atoms with Crippen molar-refractivity contribution in [1.82, 2.24) is 29.3 Å². The lowest BCUT2D eigenvalue weighted by Gasteiger charge is -2.26. The van der Waals surface area contributed by atoms with Crippen LogP contribution in [-0.2, 0) is 16.0 Å². The number of nitrogens with one attached hydrogen (secondary N) is 1. The van der Waals surface area contributed by atoms with Crippen molar-refractivity contribution < 1.29 is 14.6 Å². The van der Waals surface area contributed by atoms with E-state index in [-0.39, 0.29) is 12.1 Å².